The summed E-state index contributed by atoms with van der Waals surface area (Å²) in [5, 5.41) is 9.27. The van der Waals surface area contributed by atoms with E-state index in [4.69, 9.17) is 4.74 Å². The molecular formula is C10H10O3. The topological polar surface area (TPSA) is 46.5 Å². The van der Waals surface area contributed by atoms with Crippen LogP contribution >= 0.6 is 0 Å². The molecule has 0 atom stereocenters. The molecule has 0 bridgehead atoms. The van der Waals surface area contributed by atoms with Crippen molar-refractivity contribution in [1.82, 2.24) is 0 Å². The number of phenolic OH excluding ortho intramolecular Hbond substituents is 1. The average molecular weight is 178 g/mol. The molecule has 1 aromatic rings. The van der Waals surface area contributed by atoms with Crippen LogP contribution in [0.2, 0.25) is 0 Å². The quantitative estimate of drug-likeness (QED) is 0.426. The van der Waals surface area contributed by atoms with E-state index in [1.54, 1.807) is 19.1 Å². The SMILES string of the molecule is C=CC(=O)Oc1ccc(C)c(O)c1. The number of aromatic hydroxyl groups is 1. The second kappa shape index (κ2) is 3.76. The summed E-state index contributed by atoms with van der Waals surface area (Å²) in [4.78, 5) is 10.8. The van der Waals surface area contributed by atoms with Crippen LogP contribution in [0.15, 0.2) is 30.9 Å². The van der Waals surface area contributed by atoms with Crippen LogP contribution in [-0.2, 0) is 4.79 Å². The van der Waals surface area contributed by atoms with Crippen molar-refractivity contribution in [3.05, 3.63) is 36.4 Å². The van der Waals surface area contributed by atoms with Gasteiger partial charge in [0.15, 0.2) is 0 Å². The zero-order valence-electron chi connectivity index (χ0n) is 7.28. The summed E-state index contributed by atoms with van der Waals surface area (Å²) in [6.07, 6.45) is 1.07. The first kappa shape index (κ1) is 9.32. The fraction of sp³-hybridized carbons (Fsp3) is 0.100. The Labute approximate surface area is 76.3 Å². The summed E-state index contributed by atoms with van der Waals surface area (Å²) in [5.41, 5.74) is 0.735. The van der Waals surface area contributed by atoms with Crippen LogP contribution in [0.5, 0.6) is 11.5 Å². The van der Waals surface area contributed by atoms with E-state index in [9.17, 15) is 9.90 Å². The molecule has 0 radical (unpaired) electrons. The molecule has 0 aliphatic carbocycles. The molecule has 0 fully saturated rings. The number of aryl methyl sites for hydroxylation is 1. The Morgan fingerprint density at radius 2 is 2.31 bits per heavy atom. The van der Waals surface area contributed by atoms with Gasteiger partial charge < -0.3 is 9.84 Å². The maximum atomic E-state index is 10.8. The van der Waals surface area contributed by atoms with Crippen LogP contribution in [0, 0.1) is 6.92 Å². The van der Waals surface area contributed by atoms with E-state index in [2.05, 4.69) is 6.58 Å². The van der Waals surface area contributed by atoms with Crippen molar-refractivity contribution in [2.75, 3.05) is 0 Å². The highest BCUT2D eigenvalue weighted by Gasteiger charge is 2.02. The molecular weight excluding hydrogens is 168 g/mol. The Bertz CT molecular complexity index is 342. The average Bonchev–Trinajstić information content (AvgIpc) is 2.11. The van der Waals surface area contributed by atoms with Gasteiger partial charge in [-0.25, -0.2) is 4.79 Å². The van der Waals surface area contributed by atoms with Gasteiger partial charge in [-0.3, -0.25) is 0 Å². The highest BCUT2D eigenvalue weighted by Crippen LogP contribution is 2.22. The molecule has 0 amide bonds. The van der Waals surface area contributed by atoms with Gasteiger partial charge in [0.25, 0.3) is 0 Å². The number of benzene rings is 1. The molecule has 0 unspecified atom stereocenters. The first-order valence-corrected chi connectivity index (χ1v) is 3.77. The van der Waals surface area contributed by atoms with E-state index in [0.29, 0.717) is 5.75 Å². The first-order chi connectivity index (χ1) is 6.13. The van der Waals surface area contributed by atoms with Gasteiger partial charge in [-0.2, -0.15) is 0 Å². The summed E-state index contributed by atoms with van der Waals surface area (Å²) in [5.74, 6) is -0.120. The molecule has 0 aliphatic rings. The Balaban J connectivity index is 2.85. The predicted octanol–water partition coefficient (Wildman–Crippen LogP) is 1.79. The maximum Gasteiger partial charge on any atom is 0.335 e. The number of esters is 1. The lowest BCUT2D eigenvalue weighted by atomic mass is 10.2. The van der Waals surface area contributed by atoms with E-state index >= 15 is 0 Å². The monoisotopic (exact) mass is 178 g/mol. The normalized spacial score (nSPS) is 9.31. The molecule has 3 nitrogen and oxygen atoms in total. The minimum atomic E-state index is -0.539. The second-order valence-electron chi connectivity index (χ2n) is 2.57. The highest BCUT2D eigenvalue weighted by molar-refractivity contribution is 5.83. The maximum absolute atomic E-state index is 10.8. The van der Waals surface area contributed by atoms with Gasteiger partial charge in [-0.05, 0) is 18.6 Å². The molecule has 0 aromatic heterocycles. The Hall–Kier alpha value is -1.77. The lowest BCUT2D eigenvalue weighted by molar-refractivity contribution is -0.128. The number of carbonyl (C=O) groups is 1. The molecule has 68 valence electrons. The van der Waals surface area contributed by atoms with Gasteiger partial charge in [0.05, 0.1) is 0 Å². The number of hydrogen-bond donors (Lipinski definition) is 1. The predicted molar refractivity (Wildman–Crippen MR) is 48.7 cm³/mol. The van der Waals surface area contributed by atoms with E-state index in [-0.39, 0.29) is 5.75 Å². The Kier molecular flexibility index (Phi) is 2.69. The number of ether oxygens (including phenoxy) is 1. The lowest BCUT2D eigenvalue weighted by Crippen LogP contribution is -2.02. The van der Waals surface area contributed by atoms with Crippen molar-refractivity contribution < 1.29 is 14.6 Å². The molecule has 0 saturated heterocycles. The number of phenols is 1. The fourth-order valence-electron chi connectivity index (χ4n) is 0.811. The van der Waals surface area contributed by atoms with Gasteiger partial charge in [0.1, 0.15) is 11.5 Å². The summed E-state index contributed by atoms with van der Waals surface area (Å²) in [7, 11) is 0. The van der Waals surface area contributed by atoms with Crippen LogP contribution in [0.3, 0.4) is 0 Å². The third kappa shape index (κ3) is 2.33. The van der Waals surface area contributed by atoms with Gasteiger partial charge >= 0.3 is 5.97 Å². The number of carbonyl (C=O) groups excluding carboxylic acids is 1. The van der Waals surface area contributed by atoms with Gasteiger partial charge in [-0.1, -0.05) is 12.6 Å². The molecule has 0 spiro atoms. The second-order valence-corrected chi connectivity index (χ2v) is 2.57. The van der Waals surface area contributed by atoms with Crippen LogP contribution in [-0.4, -0.2) is 11.1 Å². The Morgan fingerprint density at radius 1 is 1.62 bits per heavy atom. The molecule has 3 heteroatoms. The third-order valence-electron chi connectivity index (χ3n) is 1.57. The van der Waals surface area contributed by atoms with Crippen molar-refractivity contribution in [3.63, 3.8) is 0 Å². The van der Waals surface area contributed by atoms with Crippen molar-refractivity contribution in [2.24, 2.45) is 0 Å². The molecule has 13 heavy (non-hydrogen) atoms. The minimum Gasteiger partial charge on any atom is -0.508 e. The molecule has 0 aliphatic heterocycles. The molecule has 0 saturated carbocycles. The van der Waals surface area contributed by atoms with Gasteiger partial charge in [-0.15, -0.1) is 0 Å². The van der Waals surface area contributed by atoms with Gasteiger partial charge in [0.2, 0.25) is 0 Å². The van der Waals surface area contributed by atoms with E-state index < -0.39 is 5.97 Å². The van der Waals surface area contributed by atoms with Crippen LogP contribution < -0.4 is 4.74 Å². The number of hydrogen-bond acceptors (Lipinski definition) is 3. The minimum absolute atomic E-state index is 0.106. The summed E-state index contributed by atoms with van der Waals surface area (Å²) in [6, 6.07) is 4.66. The summed E-state index contributed by atoms with van der Waals surface area (Å²) in [6.45, 7) is 5.02. The zero-order chi connectivity index (χ0) is 9.84. The molecule has 1 rings (SSSR count). The van der Waals surface area contributed by atoms with Crippen LogP contribution in [0.4, 0.5) is 0 Å². The van der Waals surface area contributed by atoms with E-state index in [1.807, 2.05) is 0 Å². The van der Waals surface area contributed by atoms with Crippen LogP contribution in [0.25, 0.3) is 0 Å². The molecule has 0 heterocycles. The zero-order valence-corrected chi connectivity index (χ0v) is 7.28. The van der Waals surface area contributed by atoms with Crippen molar-refractivity contribution in [2.45, 2.75) is 6.92 Å². The standard InChI is InChI=1S/C10H10O3/c1-3-10(12)13-8-5-4-7(2)9(11)6-8/h3-6,11H,1H2,2H3. The van der Waals surface area contributed by atoms with Crippen molar-refractivity contribution in [3.8, 4) is 11.5 Å². The third-order valence-corrected chi connectivity index (χ3v) is 1.57. The first-order valence-electron chi connectivity index (χ1n) is 3.77. The van der Waals surface area contributed by atoms with E-state index in [0.717, 1.165) is 11.6 Å². The number of rotatable bonds is 2. The van der Waals surface area contributed by atoms with E-state index in [1.165, 1.54) is 6.07 Å². The summed E-state index contributed by atoms with van der Waals surface area (Å²) < 4.78 is 4.78. The molecule has 1 N–H and O–H groups in total. The van der Waals surface area contributed by atoms with Crippen LogP contribution in [0.1, 0.15) is 5.56 Å². The highest BCUT2D eigenvalue weighted by atomic mass is 16.5. The Morgan fingerprint density at radius 3 is 2.85 bits per heavy atom. The smallest absolute Gasteiger partial charge is 0.335 e. The lowest BCUT2D eigenvalue weighted by Gasteiger charge is -2.03. The fourth-order valence-corrected chi connectivity index (χ4v) is 0.811. The largest absolute Gasteiger partial charge is 0.508 e. The van der Waals surface area contributed by atoms with Crippen molar-refractivity contribution >= 4 is 5.97 Å². The van der Waals surface area contributed by atoms with Gasteiger partial charge in [0, 0.05) is 12.1 Å². The molecule has 1 aromatic carbocycles. The van der Waals surface area contributed by atoms with Crippen molar-refractivity contribution in [1.29, 1.82) is 0 Å². The summed E-state index contributed by atoms with van der Waals surface area (Å²) >= 11 is 0.